The smallest absolute Gasteiger partial charge is 0.338 e. The number of amides is 1. The molecule has 1 amide bonds. The van der Waals surface area contributed by atoms with Crippen molar-refractivity contribution in [2.45, 2.75) is 17.9 Å². The van der Waals surface area contributed by atoms with Gasteiger partial charge in [0.1, 0.15) is 0 Å². The average Bonchev–Trinajstić information content (AvgIpc) is 2.62. The van der Waals surface area contributed by atoms with Crippen molar-refractivity contribution in [2.75, 3.05) is 11.8 Å². The summed E-state index contributed by atoms with van der Waals surface area (Å²) in [6.45, 7) is 1.41. The molecule has 2 N–H and O–H groups in total. The zero-order valence-electron chi connectivity index (χ0n) is 14.0. The number of sulfonamides is 1. The van der Waals surface area contributed by atoms with Crippen molar-refractivity contribution in [1.82, 2.24) is 5.32 Å². The highest BCUT2D eigenvalue weighted by molar-refractivity contribution is 7.92. The summed E-state index contributed by atoms with van der Waals surface area (Å²) in [5.41, 5.74) is 0.221. The van der Waals surface area contributed by atoms with Crippen LogP contribution in [0.15, 0.2) is 53.4 Å². The number of para-hydroxylation sites is 1. The van der Waals surface area contributed by atoms with E-state index >= 15 is 0 Å². The van der Waals surface area contributed by atoms with E-state index in [0.29, 0.717) is 0 Å². The van der Waals surface area contributed by atoms with Crippen molar-refractivity contribution in [2.24, 2.45) is 0 Å². The molecular weight excluding hydrogens is 380 g/mol. The van der Waals surface area contributed by atoms with Crippen molar-refractivity contribution >= 4 is 39.2 Å². The first-order valence-electron chi connectivity index (χ1n) is 7.54. The summed E-state index contributed by atoms with van der Waals surface area (Å²) in [5.74, 6) is -1.28. The lowest BCUT2D eigenvalue weighted by Crippen LogP contribution is -2.33. The van der Waals surface area contributed by atoms with E-state index in [-0.39, 0.29) is 21.2 Å². The van der Waals surface area contributed by atoms with Crippen LogP contribution in [0.3, 0.4) is 0 Å². The molecule has 0 fully saturated rings. The number of anilines is 1. The predicted octanol–water partition coefficient (Wildman–Crippen LogP) is 2.43. The van der Waals surface area contributed by atoms with Crippen LogP contribution in [0.4, 0.5) is 5.69 Å². The van der Waals surface area contributed by atoms with Crippen molar-refractivity contribution in [3.05, 3.63) is 59.1 Å². The molecule has 0 radical (unpaired) electrons. The van der Waals surface area contributed by atoms with Gasteiger partial charge >= 0.3 is 5.97 Å². The van der Waals surface area contributed by atoms with Crippen molar-refractivity contribution in [3.8, 4) is 0 Å². The minimum atomic E-state index is -3.96. The van der Waals surface area contributed by atoms with E-state index in [9.17, 15) is 18.0 Å². The van der Waals surface area contributed by atoms with Crippen LogP contribution in [0.2, 0.25) is 5.02 Å². The van der Waals surface area contributed by atoms with Gasteiger partial charge in [-0.15, -0.1) is 0 Å². The Balaban J connectivity index is 2.24. The molecule has 26 heavy (non-hydrogen) atoms. The monoisotopic (exact) mass is 396 g/mol. The lowest BCUT2D eigenvalue weighted by Gasteiger charge is -2.13. The Hall–Kier alpha value is -2.58. The molecule has 0 aliphatic heterocycles. The third-order valence-electron chi connectivity index (χ3n) is 3.40. The average molecular weight is 397 g/mol. The third-order valence-corrected chi connectivity index (χ3v) is 5.09. The molecule has 7 nitrogen and oxygen atoms in total. The summed E-state index contributed by atoms with van der Waals surface area (Å²) in [4.78, 5) is 23.4. The lowest BCUT2D eigenvalue weighted by atomic mass is 10.2. The molecule has 0 saturated carbocycles. The molecule has 0 heterocycles. The van der Waals surface area contributed by atoms with Gasteiger partial charge in [0, 0.05) is 7.05 Å². The first kappa shape index (κ1) is 19.7. The third kappa shape index (κ3) is 4.74. The van der Waals surface area contributed by atoms with Crippen LogP contribution in [0, 0.1) is 0 Å². The van der Waals surface area contributed by atoms with Crippen molar-refractivity contribution in [1.29, 1.82) is 0 Å². The maximum absolute atomic E-state index is 12.5. The Morgan fingerprint density at radius 3 is 2.46 bits per heavy atom. The van der Waals surface area contributed by atoms with E-state index in [2.05, 4.69) is 10.0 Å². The summed E-state index contributed by atoms with van der Waals surface area (Å²) in [6.07, 6.45) is -1.01. The van der Waals surface area contributed by atoms with Gasteiger partial charge in [0.15, 0.2) is 6.10 Å². The number of hydrogen-bond donors (Lipinski definition) is 2. The van der Waals surface area contributed by atoms with Crippen LogP contribution in [-0.4, -0.2) is 33.4 Å². The second-order valence-electron chi connectivity index (χ2n) is 5.27. The first-order chi connectivity index (χ1) is 12.2. The van der Waals surface area contributed by atoms with Crippen molar-refractivity contribution in [3.63, 3.8) is 0 Å². The SMILES string of the molecule is CNC(=O)[C@H](C)OC(=O)c1cccc(S(=O)(=O)Nc2ccccc2Cl)c1. The van der Waals surface area contributed by atoms with Gasteiger partial charge in [0.05, 0.1) is 21.2 Å². The fourth-order valence-electron chi connectivity index (χ4n) is 2.02. The Morgan fingerprint density at radius 2 is 1.81 bits per heavy atom. The zero-order valence-corrected chi connectivity index (χ0v) is 15.6. The Labute approximate surface area is 156 Å². The van der Waals surface area contributed by atoms with Crippen LogP contribution in [0.1, 0.15) is 17.3 Å². The second-order valence-corrected chi connectivity index (χ2v) is 7.36. The highest BCUT2D eigenvalue weighted by Gasteiger charge is 2.21. The van der Waals surface area contributed by atoms with Gasteiger partial charge < -0.3 is 10.1 Å². The number of halogens is 1. The van der Waals surface area contributed by atoms with Crippen LogP contribution >= 0.6 is 11.6 Å². The molecule has 0 aromatic heterocycles. The molecule has 2 rings (SSSR count). The molecule has 138 valence electrons. The number of likely N-dealkylation sites (N-methyl/N-ethyl adjacent to an activating group) is 1. The number of rotatable bonds is 6. The topological polar surface area (TPSA) is 102 Å². The van der Waals surface area contributed by atoms with Crippen LogP contribution < -0.4 is 10.0 Å². The van der Waals surface area contributed by atoms with E-state index in [4.69, 9.17) is 16.3 Å². The van der Waals surface area contributed by atoms with E-state index in [1.165, 1.54) is 38.2 Å². The van der Waals surface area contributed by atoms with Crippen LogP contribution in [0.25, 0.3) is 0 Å². The van der Waals surface area contributed by atoms with Gasteiger partial charge in [-0.1, -0.05) is 29.8 Å². The standard InChI is InChI=1S/C17H17ClN2O5S/c1-11(16(21)19-2)25-17(22)12-6-5-7-13(10-12)26(23,24)20-15-9-4-3-8-14(15)18/h3-11,20H,1-2H3,(H,19,21)/t11-/m0/s1. The van der Waals surface area contributed by atoms with Gasteiger partial charge in [-0.2, -0.15) is 0 Å². The quantitative estimate of drug-likeness (QED) is 0.730. The van der Waals surface area contributed by atoms with Gasteiger partial charge in [0.25, 0.3) is 15.9 Å². The first-order valence-corrected chi connectivity index (χ1v) is 9.40. The van der Waals surface area contributed by atoms with E-state index < -0.39 is 28.0 Å². The number of esters is 1. The van der Waals surface area contributed by atoms with E-state index in [0.717, 1.165) is 6.07 Å². The summed E-state index contributed by atoms with van der Waals surface area (Å²) < 4.78 is 32.4. The molecule has 1 atom stereocenters. The fourth-order valence-corrected chi connectivity index (χ4v) is 3.39. The van der Waals surface area contributed by atoms with Gasteiger partial charge in [-0.3, -0.25) is 9.52 Å². The highest BCUT2D eigenvalue weighted by Crippen LogP contribution is 2.24. The molecular formula is C17H17ClN2O5S. The van der Waals surface area contributed by atoms with Gasteiger partial charge in [0.2, 0.25) is 0 Å². The van der Waals surface area contributed by atoms with Crippen LogP contribution in [0.5, 0.6) is 0 Å². The molecule has 0 bridgehead atoms. The minimum Gasteiger partial charge on any atom is -0.449 e. The number of benzene rings is 2. The Kier molecular flexibility index (Phi) is 6.23. The largest absolute Gasteiger partial charge is 0.449 e. The maximum Gasteiger partial charge on any atom is 0.338 e. The molecule has 0 unspecified atom stereocenters. The Bertz CT molecular complexity index is 930. The van der Waals surface area contributed by atoms with E-state index in [1.807, 2.05) is 0 Å². The lowest BCUT2D eigenvalue weighted by molar-refractivity contribution is -0.128. The Morgan fingerprint density at radius 1 is 1.12 bits per heavy atom. The number of carbonyl (C=O) groups excluding carboxylic acids is 2. The molecule has 0 aliphatic rings. The van der Waals surface area contributed by atoms with Gasteiger partial charge in [-0.25, -0.2) is 13.2 Å². The number of hydrogen-bond acceptors (Lipinski definition) is 5. The predicted molar refractivity (Wildman–Crippen MR) is 97.6 cm³/mol. The molecule has 0 aliphatic carbocycles. The minimum absolute atomic E-state index is 0.00258. The summed E-state index contributed by atoms with van der Waals surface area (Å²) in [6, 6.07) is 11.7. The zero-order chi connectivity index (χ0) is 19.3. The molecule has 2 aromatic rings. The molecule has 9 heteroatoms. The van der Waals surface area contributed by atoms with E-state index in [1.54, 1.807) is 18.2 Å². The maximum atomic E-state index is 12.5. The van der Waals surface area contributed by atoms with Crippen molar-refractivity contribution < 1.29 is 22.7 Å². The van der Waals surface area contributed by atoms with Gasteiger partial charge in [-0.05, 0) is 37.3 Å². The summed E-state index contributed by atoms with van der Waals surface area (Å²) >= 11 is 5.96. The fraction of sp³-hybridized carbons (Fsp3) is 0.176. The second kappa shape index (κ2) is 8.20. The summed E-state index contributed by atoms with van der Waals surface area (Å²) in [7, 11) is -2.55. The molecule has 2 aromatic carbocycles. The van der Waals surface area contributed by atoms with Crippen LogP contribution in [-0.2, 0) is 19.6 Å². The molecule has 0 saturated heterocycles. The number of ether oxygens (including phenoxy) is 1. The highest BCUT2D eigenvalue weighted by atomic mass is 35.5. The molecule has 0 spiro atoms. The number of carbonyl (C=O) groups is 2. The number of nitrogens with one attached hydrogen (secondary N) is 2. The normalized spacial score (nSPS) is 12.1. The summed E-state index contributed by atoms with van der Waals surface area (Å²) in [5, 5.41) is 2.60.